The van der Waals surface area contributed by atoms with Crippen molar-refractivity contribution in [2.75, 3.05) is 14.2 Å². The Bertz CT molecular complexity index is 64.6. The maximum absolute atomic E-state index is 4.80. The van der Waals surface area contributed by atoms with Crippen molar-refractivity contribution in [3.63, 3.8) is 0 Å². The second-order valence-corrected chi connectivity index (χ2v) is 1.98. The fourth-order valence-corrected chi connectivity index (χ4v) is 0.624. The molecule has 61 valence electrons. The van der Waals surface area contributed by atoms with Gasteiger partial charge in [0.2, 0.25) is 0 Å². The van der Waals surface area contributed by atoms with Crippen LogP contribution in [0.25, 0.3) is 0 Å². The highest BCUT2D eigenvalue weighted by atomic mass is 16.9. The van der Waals surface area contributed by atoms with E-state index in [1.807, 2.05) is 6.54 Å². The second-order valence-electron chi connectivity index (χ2n) is 1.98. The Morgan fingerprint density at radius 2 is 1.90 bits per heavy atom. The Kier molecular flexibility index (Phi) is 6.91. The van der Waals surface area contributed by atoms with Crippen molar-refractivity contribution in [1.29, 1.82) is 0 Å². The molecule has 0 amide bonds. The Hall–Kier alpha value is -0.120. The SMILES string of the molecule is CCCC[CH]N(OC)OC. The first kappa shape index (κ1) is 9.88. The predicted molar refractivity (Wildman–Crippen MR) is 39.7 cm³/mol. The van der Waals surface area contributed by atoms with Crippen LogP contribution in [0.4, 0.5) is 0 Å². The lowest BCUT2D eigenvalue weighted by atomic mass is 10.2. The third kappa shape index (κ3) is 4.73. The molecule has 0 aromatic carbocycles. The molecule has 0 aliphatic carbocycles. The summed E-state index contributed by atoms with van der Waals surface area (Å²) in [5.41, 5.74) is 0. The number of rotatable bonds is 6. The summed E-state index contributed by atoms with van der Waals surface area (Å²) in [6.07, 6.45) is 3.36. The van der Waals surface area contributed by atoms with E-state index in [1.54, 1.807) is 14.2 Å². The molecule has 0 saturated carbocycles. The van der Waals surface area contributed by atoms with E-state index in [2.05, 4.69) is 6.92 Å². The van der Waals surface area contributed by atoms with Crippen LogP contribution in [0.3, 0.4) is 0 Å². The zero-order chi connectivity index (χ0) is 7.82. The van der Waals surface area contributed by atoms with Crippen LogP contribution in [0.5, 0.6) is 0 Å². The molecule has 0 aromatic heterocycles. The summed E-state index contributed by atoms with van der Waals surface area (Å²) in [5, 5.41) is 1.36. The molecule has 0 unspecified atom stereocenters. The van der Waals surface area contributed by atoms with Gasteiger partial charge < -0.3 is 0 Å². The molecule has 0 bridgehead atoms. The lowest BCUT2D eigenvalue weighted by molar-refractivity contribution is -0.323. The van der Waals surface area contributed by atoms with E-state index in [4.69, 9.17) is 9.68 Å². The van der Waals surface area contributed by atoms with Crippen molar-refractivity contribution in [3.05, 3.63) is 6.54 Å². The summed E-state index contributed by atoms with van der Waals surface area (Å²) in [7, 11) is 3.15. The van der Waals surface area contributed by atoms with Gasteiger partial charge in [0.05, 0.1) is 20.8 Å². The number of hydrogen-bond acceptors (Lipinski definition) is 3. The van der Waals surface area contributed by atoms with E-state index < -0.39 is 0 Å². The average molecular weight is 146 g/mol. The molecular weight excluding hydrogens is 130 g/mol. The van der Waals surface area contributed by atoms with Crippen LogP contribution in [0.2, 0.25) is 0 Å². The van der Waals surface area contributed by atoms with E-state index >= 15 is 0 Å². The van der Waals surface area contributed by atoms with Gasteiger partial charge in [-0.3, -0.25) is 9.68 Å². The minimum Gasteiger partial charge on any atom is -0.277 e. The maximum Gasteiger partial charge on any atom is 0.0830 e. The maximum atomic E-state index is 4.80. The van der Waals surface area contributed by atoms with Crippen molar-refractivity contribution in [2.24, 2.45) is 0 Å². The van der Waals surface area contributed by atoms with Gasteiger partial charge in [0.1, 0.15) is 0 Å². The topological polar surface area (TPSA) is 21.7 Å². The molecule has 0 aliphatic heterocycles. The number of hydroxylamine groups is 2. The normalized spacial score (nSPS) is 10.8. The highest BCUT2D eigenvalue weighted by Gasteiger charge is 1.99. The van der Waals surface area contributed by atoms with Crippen LogP contribution < -0.4 is 0 Å². The first-order valence-corrected chi connectivity index (χ1v) is 3.56. The standard InChI is InChI=1S/C7H16NO2/c1-4-5-6-7-8(9-2)10-3/h7H,4-6H2,1-3H3. The van der Waals surface area contributed by atoms with E-state index in [0.717, 1.165) is 6.42 Å². The van der Waals surface area contributed by atoms with E-state index in [0.29, 0.717) is 0 Å². The molecule has 10 heavy (non-hydrogen) atoms. The molecule has 0 heterocycles. The highest BCUT2D eigenvalue weighted by Crippen LogP contribution is 2.02. The monoisotopic (exact) mass is 146 g/mol. The lowest BCUT2D eigenvalue weighted by Crippen LogP contribution is -2.17. The Morgan fingerprint density at radius 3 is 2.30 bits per heavy atom. The van der Waals surface area contributed by atoms with Gasteiger partial charge in [0.25, 0.3) is 0 Å². The molecule has 0 spiro atoms. The number of nitrogens with zero attached hydrogens (tertiary/aromatic N) is 1. The molecular formula is C7H16NO2. The molecule has 0 aromatic rings. The van der Waals surface area contributed by atoms with Gasteiger partial charge in [-0.1, -0.05) is 25.0 Å². The first-order valence-electron chi connectivity index (χ1n) is 3.56. The van der Waals surface area contributed by atoms with Crippen LogP contribution >= 0.6 is 0 Å². The van der Waals surface area contributed by atoms with Crippen LogP contribution in [0.15, 0.2) is 0 Å². The summed E-state index contributed by atoms with van der Waals surface area (Å²) in [4.78, 5) is 9.60. The largest absolute Gasteiger partial charge is 0.277 e. The minimum atomic E-state index is 0.998. The van der Waals surface area contributed by atoms with Crippen molar-refractivity contribution in [1.82, 2.24) is 5.23 Å². The molecule has 0 aliphatic rings. The average Bonchev–Trinajstić information content (AvgIpc) is 1.99. The quantitative estimate of drug-likeness (QED) is 0.421. The third-order valence-electron chi connectivity index (χ3n) is 1.20. The fraction of sp³-hybridized carbons (Fsp3) is 0.857. The van der Waals surface area contributed by atoms with E-state index in [-0.39, 0.29) is 0 Å². The number of hydrogen-bond donors (Lipinski definition) is 0. The van der Waals surface area contributed by atoms with Crippen molar-refractivity contribution < 1.29 is 9.68 Å². The van der Waals surface area contributed by atoms with Gasteiger partial charge in [-0.25, -0.2) is 0 Å². The Morgan fingerprint density at radius 1 is 1.30 bits per heavy atom. The fourth-order valence-electron chi connectivity index (χ4n) is 0.624. The zero-order valence-corrected chi connectivity index (χ0v) is 6.96. The van der Waals surface area contributed by atoms with Crippen molar-refractivity contribution in [3.8, 4) is 0 Å². The zero-order valence-electron chi connectivity index (χ0n) is 6.96. The van der Waals surface area contributed by atoms with Gasteiger partial charge >= 0.3 is 0 Å². The van der Waals surface area contributed by atoms with Gasteiger partial charge in [-0.05, 0) is 6.42 Å². The summed E-state index contributed by atoms with van der Waals surface area (Å²) < 4.78 is 0. The Balaban J connectivity index is 3.09. The smallest absolute Gasteiger partial charge is 0.0830 e. The molecule has 0 saturated heterocycles. The van der Waals surface area contributed by atoms with Crippen molar-refractivity contribution >= 4 is 0 Å². The van der Waals surface area contributed by atoms with E-state index in [1.165, 1.54) is 18.1 Å². The van der Waals surface area contributed by atoms with Crippen LogP contribution in [-0.2, 0) is 9.68 Å². The van der Waals surface area contributed by atoms with Gasteiger partial charge in [-0.15, -0.1) is 0 Å². The van der Waals surface area contributed by atoms with Gasteiger partial charge in [-0.2, -0.15) is 0 Å². The van der Waals surface area contributed by atoms with Crippen molar-refractivity contribution in [2.45, 2.75) is 26.2 Å². The molecule has 3 heteroatoms. The Labute approximate surface area is 62.8 Å². The summed E-state index contributed by atoms with van der Waals surface area (Å²) in [6.45, 7) is 4.03. The van der Waals surface area contributed by atoms with Crippen LogP contribution in [0, 0.1) is 6.54 Å². The number of unbranched alkanes of at least 4 members (excludes halogenated alkanes) is 2. The molecule has 0 N–H and O–H groups in total. The summed E-state index contributed by atoms with van der Waals surface area (Å²) in [5.74, 6) is 0. The highest BCUT2D eigenvalue weighted by molar-refractivity contribution is 4.53. The van der Waals surface area contributed by atoms with Crippen LogP contribution in [-0.4, -0.2) is 19.4 Å². The lowest BCUT2D eigenvalue weighted by Gasteiger charge is -2.14. The first-order chi connectivity index (χ1) is 4.85. The van der Waals surface area contributed by atoms with Gasteiger partial charge in [0.15, 0.2) is 0 Å². The van der Waals surface area contributed by atoms with Gasteiger partial charge in [0, 0.05) is 0 Å². The minimum absolute atomic E-state index is 0.998. The van der Waals surface area contributed by atoms with E-state index in [9.17, 15) is 0 Å². The third-order valence-corrected chi connectivity index (χ3v) is 1.20. The molecule has 3 nitrogen and oxygen atoms in total. The summed E-state index contributed by atoms with van der Waals surface area (Å²) >= 11 is 0. The summed E-state index contributed by atoms with van der Waals surface area (Å²) in [6, 6.07) is 0. The molecule has 0 atom stereocenters. The molecule has 0 rings (SSSR count). The second kappa shape index (κ2) is 6.99. The predicted octanol–water partition coefficient (Wildman–Crippen LogP) is 1.76. The van der Waals surface area contributed by atoms with Crippen LogP contribution in [0.1, 0.15) is 26.2 Å². The molecule has 0 fully saturated rings. The molecule has 1 radical (unpaired) electrons.